The van der Waals surface area contributed by atoms with Crippen molar-refractivity contribution in [2.45, 2.75) is 19.8 Å². The molecular weight excluding hydrogens is 366 g/mol. The molecule has 0 fully saturated rings. The molecule has 136 valence electrons. The third kappa shape index (κ3) is 4.43. The van der Waals surface area contributed by atoms with Crippen LogP contribution in [-0.2, 0) is 17.6 Å². The second-order valence-electron chi connectivity index (χ2n) is 6.22. The average molecular weight is 388 g/mol. The predicted molar refractivity (Wildman–Crippen MR) is 111 cm³/mol. The summed E-state index contributed by atoms with van der Waals surface area (Å²) in [4.78, 5) is 14.9. The number of ether oxygens (including phenoxy) is 1. The van der Waals surface area contributed by atoms with E-state index in [1.54, 1.807) is 0 Å². The molecule has 3 nitrogen and oxygen atoms in total. The zero-order chi connectivity index (χ0) is 18.5. The van der Waals surface area contributed by atoms with E-state index in [1.807, 2.05) is 54.2 Å². The number of rotatable bonds is 7. The third-order valence-electron chi connectivity index (χ3n) is 4.49. The van der Waals surface area contributed by atoms with Gasteiger partial charge in [0.1, 0.15) is 0 Å². The number of carbonyl (C=O) groups is 1. The minimum atomic E-state index is -0.292. The number of benzene rings is 2. The monoisotopic (exact) mass is 387 g/mol. The molecule has 2 aromatic carbocycles. The Morgan fingerprint density at radius 1 is 1.12 bits per heavy atom. The number of halogens is 1. The first-order chi connectivity index (χ1) is 12.6. The highest BCUT2D eigenvalue weighted by molar-refractivity contribution is 7.99. The van der Waals surface area contributed by atoms with Gasteiger partial charge in [0, 0.05) is 21.6 Å². The van der Waals surface area contributed by atoms with Crippen LogP contribution in [0.15, 0.2) is 42.5 Å². The maximum atomic E-state index is 11.4. The maximum Gasteiger partial charge on any atom is 0.337 e. The molecule has 0 aliphatic carbocycles. The van der Waals surface area contributed by atoms with Gasteiger partial charge in [0.25, 0.3) is 0 Å². The normalized spacial score (nSPS) is 11.0. The van der Waals surface area contributed by atoms with Gasteiger partial charge in [-0.2, -0.15) is 11.8 Å². The predicted octanol–water partition coefficient (Wildman–Crippen LogP) is 5.43. The van der Waals surface area contributed by atoms with Crippen molar-refractivity contribution in [2.75, 3.05) is 18.6 Å². The minimum absolute atomic E-state index is 0.292. The lowest BCUT2D eigenvalue weighted by Gasteiger charge is -2.05. The van der Waals surface area contributed by atoms with Crippen LogP contribution >= 0.6 is 23.4 Å². The van der Waals surface area contributed by atoms with Crippen molar-refractivity contribution in [1.29, 1.82) is 0 Å². The van der Waals surface area contributed by atoms with Gasteiger partial charge in [-0.15, -0.1) is 0 Å². The quantitative estimate of drug-likeness (QED) is 0.434. The molecule has 1 N–H and O–H groups in total. The number of hydrogen-bond donors (Lipinski definition) is 1. The van der Waals surface area contributed by atoms with E-state index in [4.69, 9.17) is 16.3 Å². The molecule has 0 bridgehead atoms. The fraction of sp³-hybridized carbons (Fsp3) is 0.286. The Balaban J connectivity index is 1.50. The first kappa shape index (κ1) is 18.9. The van der Waals surface area contributed by atoms with Crippen LogP contribution in [0.25, 0.3) is 10.9 Å². The molecule has 0 spiro atoms. The maximum absolute atomic E-state index is 11.4. The number of aryl methyl sites for hydroxylation is 3. The van der Waals surface area contributed by atoms with Crippen LogP contribution in [-0.4, -0.2) is 29.6 Å². The molecule has 0 saturated heterocycles. The number of carbonyl (C=O) groups excluding carboxylic acids is 1. The number of hydrogen-bond acceptors (Lipinski definition) is 3. The molecule has 0 radical (unpaired) electrons. The Hall–Kier alpha value is -1.91. The van der Waals surface area contributed by atoms with Crippen LogP contribution in [0.2, 0.25) is 5.02 Å². The van der Waals surface area contributed by atoms with Gasteiger partial charge in [-0.1, -0.05) is 23.7 Å². The first-order valence-electron chi connectivity index (χ1n) is 8.60. The van der Waals surface area contributed by atoms with Crippen LogP contribution in [0.3, 0.4) is 0 Å². The number of fused-ring (bicyclic) bond motifs is 1. The molecule has 0 aliphatic rings. The number of methoxy groups -OCH3 is 1. The summed E-state index contributed by atoms with van der Waals surface area (Å²) in [6, 6.07) is 13.7. The molecule has 3 aromatic rings. The fourth-order valence-corrected chi connectivity index (χ4v) is 4.17. The van der Waals surface area contributed by atoms with Gasteiger partial charge in [0.05, 0.1) is 12.7 Å². The third-order valence-corrected chi connectivity index (χ3v) is 5.71. The van der Waals surface area contributed by atoms with Gasteiger partial charge < -0.3 is 9.72 Å². The number of aromatic amines is 1. The van der Waals surface area contributed by atoms with Crippen molar-refractivity contribution in [2.24, 2.45) is 0 Å². The van der Waals surface area contributed by atoms with Crippen molar-refractivity contribution in [3.05, 3.63) is 69.9 Å². The lowest BCUT2D eigenvalue weighted by molar-refractivity contribution is 0.0600. The van der Waals surface area contributed by atoms with Crippen LogP contribution in [0.4, 0.5) is 0 Å². The van der Waals surface area contributed by atoms with Crippen LogP contribution in [0.1, 0.15) is 27.2 Å². The van der Waals surface area contributed by atoms with E-state index in [1.165, 1.54) is 29.3 Å². The van der Waals surface area contributed by atoms with E-state index in [0.717, 1.165) is 34.9 Å². The Labute approximate surface area is 163 Å². The number of nitrogens with one attached hydrogen (secondary N) is 1. The molecule has 5 heteroatoms. The lowest BCUT2D eigenvalue weighted by atomic mass is 10.1. The summed E-state index contributed by atoms with van der Waals surface area (Å²) in [6.07, 6.45) is 2.02. The molecule has 1 aromatic heterocycles. The Bertz CT molecular complexity index is 902. The van der Waals surface area contributed by atoms with Crippen LogP contribution in [0.5, 0.6) is 0 Å². The zero-order valence-electron chi connectivity index (χ0n) is 15.0. The molecule has 3 rings (SSSR count). The number of aromatic nitrogens is 1. The van der Waals surface area contributed by atoms with Gasteiger partial charge >= 0.3 is 5.97 Å². The lowest BCUT2D eigenvalue weighted by Crippen LogP contribution is -2.01. The van der Waals surface area contributed by atoms with E-state index in [2.05, 4.69) is 11.9 Å². The molecule has 0 saturated carbocycles. The highest BCUT2D eigenvalue weighted by Gasteiger charge is 2.09. The second-order valence-corrected chi connectivity index (χ2v) is 7.88. The van der Waals surface area contributed by atoms with Crippen LogP contribution < -0.4 is 0 Å². The van der Waals surface area contributed by atoms with Crippen molar-refractivity contribution in [3.8, 4) is 0 Å². The number of thioether (sulfide) groups is 1. The highest BCUT2D eigenvalue weighted by Crippen LogP contribution is 2.26. The van der Waals surface area contributed by atoms with E-state index in [9.17, 15) is 4.79 Å². The largest absolute Gasteiger partial charge is 0.465 e. The van der Waals surface area contributed by atoms with Gasteiger partial charge in [0.15, 0.2) is 0 Å². The van der Waals surface area contributed by atoms with E-state index in [-0.39, 0.29) is 5.97 Å². The standard InChI is InChI=1S/C21H22ClNO2S/c1-14-18(19-13-17(22)7-8-20(19)23-14)10-12-26-11-9-15-3-5-16(6-4-15)21(24)25-2/h3-8,13,23H,9-12H2,1-2H3. The molecular formula is C21H22ClNO2S. The van der Waals surface area contributed by atoms with Gasteiger partial charge in [-0.3, -0.25) is 0 Å². The van der Waals surface area contributed by atoms with Crippen LogP contribution in [0, 0.1) is 6.92 Å². The molecule has 0 unspecified atom stereocenters. The SMILES string of the molecule is COC(=O)c1ccc(CCSCCc2c(C)[nH]c3ccc(Cl)cc23)cc1. The van der Waals surface area contributed by atoms with E-state index >= 15 is 0 Å². The zero-order valence-corrected chi connectivity index (χ0v) is 16.5. The summed E-state index contributed by atoms with van der Waals surface area (Å²) in [5, 5.41) is 2.01. The summed E-state index contributed by atoms with van der Waals surface area (Å²) < 4.78 is 4.72. The van der Waals surface area contributed by atoms with Crippen molar-refractivity contribution < 1.29 is 9.53 Å². The minimum Gasteiger partial charge on any atom is -0.465 e. The Kier molecular flexibility index (Phi) is 6.28. The Morgan fingerprint density at radius 2 is 1.85 bits per heavy atom. The summed E-state index contributed by atoms with van der Waals surface area (Å²) in [6.45, 7) is 2.12. The van der Waals surface area contributed by atoms with Gasteiger partial charge in [0.2, 0.25) is 0 Å². The van der Waals surface area contributed by atoms with Crippen molar-refractivity contribution in [1.82, 2.24) is 4.98 Å². The van der Waals surface area contributed by atoms with Crippen molar-refractivity contribution in [3.63, 3.8) is 0 Å². The van der Waals surface area contributed by atoms with Gasteiger partial charge in [-0.25, -0.2) is 4.79 Å². The Morgan fingerprint density at radius 3 is 2.58 bits per heavy atom. The van der Waals surface area contributed by atoms with Crippen molar-refractivity contribution >= 4 is 40.2 Å². The fourth-order valence-electron chi connectivity index (χ4n) is 3.07. The number of H-pyrrole nitrogens is 1. The summed E-state index contributed by atoms with van der Waals surface area (Å²) in [5.41, 5.74) is 5.56. The molecule has 0 aliphatic heterocycles. The number of esters is 1. The summed E-state index contributed by atoms with van der Waals surface area (Å²) in [7, 11) is 1.40. The van der Waals surface area contributed by atoms with E-state index in [0.29, 0.717) is 5.56 Å². The first-order valence-corrected chi connectivity index (χ1v) is 10.1. The highest BCUT2D eigenvalue weighted by atomic mass is 35.5. The smallest absolute Gasteiger partial charge is 0.337 e. The van der Waals surface area contributed by atoms with Gasteiger partial charge in [-0.05, 0) is 72.7 Å². The summed E-state index contributed by atoms with van der Waals surface area (Å²) in [5.74, 6) is 1.83. The molecule has 0 amide bonds. The van der Waals surface area contributed by atoms with E-state index < -0.39 is 0 Å². The average Bonchev–Trinajstić information content (AvgIpc) is 2.96. The molecule has 1 heterocycles. The molecule has 0 atom stereocenters. The topological polar surface area (TPSA) is 42.1 Å². The molecule has 26 heavy (non-hydrogen) atoms. The summed E-state index contributed by atoms with van der Waals surface area (Å²) >= 11 is 8.09. The second kappa shape index (κ2) is 8.65.